The van der Waals surface area contributed by atoms with E-state index in [9.17, 15) is 0 Å². The Kier molecular flexibility index (Phi) is 4.65. The molecule has 0 saturated carbocycles. The first-order valence-corrected chi connectivity index (χ1v) is 7.03. The van der Waals surface area contributed by atoms with Crippen LogP contribution in [0.5, 0.6) is 0 Å². The minimum Gasteiger partial charge on any atom is -0.355 e. The highest BCUT2D eigenvalue weighted by atomic mass is 15.4. The number of aromatic nitrogens is 5. The normalized spacial score (nSPS) is 11.1. The van der Waals surface area contributed by atoms with E-state index >= 15 is 0 Å². The molecular weight excluding hydrogens is 240 g/mol. The molecule has 0 unspecified atom stereocenters. The third-order valence-electron chi connectivity index (χ3n) is 3.23. The molecule has 0 bridgehead atoms. The molecule has 0 radical (unpaired) electrons. The van der Waals surface area contributed by atoms with Crippen LogP contribution in [0.4, 0.5) is 5.82 Å². The summed E-state index contributed by atoms with van der Waals surface area (Å²) in [6.45, 7) is 6.43. The van der Waals surface area contributed by atoms with Crippen molar-refractivity contribution in [2.24, 2.45) is 7.05 Å². The predicted molar refractivity (Wildman–Crippen MR) is 76.1 cm³/mol. The van der Waals surface area contributed by atoms with Gasteiger partial charge in [0.2, 0.25) is 0 Å². The number of hydrogen-bond acceptors (Lipinski definition) is 5. The zero-order valence-corrected chi connectivity index (χ0v) is 12.0. The molecular formula is C13H22N6. The van der Waals surface area contributed by atoms with Crippen LogP contribution in [0.1, 0.15) is 39.5 Å². The number of fused-ring (bicyclic) bond motifs is 1. The van der Waals surface area contributed by atoms with Gasteiger partial charge in [-0.05, 0) is 12.8 Å². The molecule has 0 fully saturated rings. The Hall–Kier alpha value is -1.72. The fourth-order valence-electron chi connectivity index (χ4n) is 2.09. The maximum atomic E-state index is 4.43. The fraction of sp³-hybridized carbons (Fsp3) is 0.692. The highest BCUT2D eigenvalue weighted by molar-refractivity contribution is 5.82. The van der Waals surface area contributed by atoms with Gasteiger partial charge in [0, 0.05) is 20.1 Å². The van der Waals surface area contributed by atoms with E-state index in [1.165, 1.54) is 12.8 Å². The van der Waals surface area contributed by atoms with Crippen molar-refractivity contribution in [3.8, 4) is 0 Å². The van der Waals surface area contributed by atoms with Gasteiger partial charge in [0.05, 0.1) is 0 Å². The average Bonchev–Trinajstić information content (AvgIpc) is 2.81. The number of rotatable bonds is 7. The van der Waals surface area contributed by atoms with E-state index in [2.05, 4.69) is 39.0 Å². The molecule has 2 aromatic heterocycles. The minimum atomic E-state index is 0.794. The maximum absolute atomic E-state index is 4.43. The third kappa shape index (κ3) is 3.00. The van der Waals surface area contributed by atoms with Gasteiger partial charge < -0.3 is 4.90 Å². The third-order valence-corrected chi connectivity index (χ3v) is 3.23. The van der Waals surface area contributed by atoms with Gasteiger partial charge in [-0.1, -0.05) is 31.9 Å². The van der Waals surface area contributed by atoms with Gasteiger partial charge in [-0.25, -0.2) is 14.6 Å². The number of unbranched alkanes of at least 4 members (excludes halogenated alkanes) is 2. The Balaban J connectivity index is 2.31. The Morgan fingerprint density at radius 1 is 1.11 bits per heavy atom. The minimum absolute atomic E-state index is 0.794. The Morgan fingerprint density at radius 3 is 2.42 bits per heavy atom. The second-order valence-electron chi connectivity index (χ2n) is 4.78. The van der Waals surface area contributed by atoms with Crippen LogP contribution >= 0.6 is 0 Å². The summed E-state index contributed by atoms with van der Waals surface area (Å²) in [6.07, 6.45) is 6.28. The van der Waals surface area contributed by atoms with Crippen LogP contribution in [0.3, 0.4) is 0 Å². The van der Waals surface area contributed by atoms with Crippen LogP contribution in [0.25, 0.3) is 11.2 Å². The molecule has 6 nitrogen and oxygen atoms in total. The number of hydrogen-bond donors (Lipinski definition) is 0. The van der Waals surface area contributed by atoms with Crippen molar-refractivity contribution >= 4 is 17.0 Å². The van der Waals surface area contributed by atoms with Crippen LogP contribution in [0.2, 0.25) is 0 Å². The Morgan fingerprint density at radius 2 is 1.79 bits per heavy atom. The average molecular weight is 262 g/mol. The van der Waals surface area contributed by atoms with Crippen molar-refractivity contribution < 1.29 is 0 Å². The molecule has 6 heteroatoms. The highest BCUT2D eigenvalue weighted by Crippen LogP contribution is 2.20. The molecule has 0 saturated heterocycles. The van der Waals surface area contributed by atoms with Crippen LogP contribution in [-0.2, 0) is 7.05 Å². The molecule has 2 rings (SSSR count). The summed E-state index contributed by atoms with van der Waals surface area (Å²) >= 11 is 0. The van der Waals surface area contributed by atoms with Gasteiger partial charge in [0.1, 0.15) is 6.33 Å². The van der Waals surface area contributed by atoms with Gasteiger partial charge in [-0.3, -0.25) is 0 Å². The summed E-state index contributed by atoms with van der Waals surface area (Å²) in [7, 11) is 1.86. The standard InChI is InChI=1S/C13H22N6/c1-4-6-8-19(9-7-5-2)13-11-12(14-10-15-13)18(3)17-16-11/h10H,4-9H2,1-3H3. The van der Waals surface area contributed by atoms with Gasteiger partial charge in [-0.15, -0.1) is 5.10 Å². The van der Waals surface area contributed by atoms with Gasteiger partial charge in [0.15, 0.2) is 17.0 Å². The van der Waals surface area contributed by atoms with Crippen molar-refractivity contribution in [2.75, 3.05) is 18.0 Å². The Labute approximate surface area is 113 Å². The zero-order valence-electron chi connectivity index (χ0n) is 12.0. The van der Waals surface area contributed by atoms with Crippen LogP contribution in [0, 0.1) is 0 Å². The Bertz CT molecular complexity index is 513. The lowest BCUT2D eigenvalue weighted by molar-refractivity contribution is 0.672. The fourth-order valence-corrected chi connectivity index (χ4v) is 2.09. The number of nitrogens with zero attached hydrogens (tertiary/aromatic N) is 6. The number of anilines is 1. The van der Waals surface area contributed by atoms with Crippen molar-refractivity contribution in [3.05, 3.63) is 6.33 Å². The molecule has 19 heavy (non-hydrogen) atoms. The molecule has 0 amide bonds. The summed E-state index contributed by atoms with van der Waals surface area (Å²) in [4.78, 5) is 11.0. The van der Waals surface area contributed by atoms with Gasteiger partial charge in [-0.2, -0.15) is 0 Å². The summed E-state index contributed by atoms with van der Waals surface area (Å²) in [5.74, 6) is 0.917. The van der Waals surface area contributed by atoms with Gasteiger partial charge in [0.25, 0.3) is 0 Å². The lowest BCUT2D eigenvalue weighted by Crippen LogP contribution is -2.27. The van der Waals surface area contributed by atoms with E-state index < -0.39 is 0 Å². The quantitative estimate of drug-likeness (QED) is 0.765. The van der Waals surface area contributed by atoms with Crippen molar-refractivity contribution in [3.63, 3.8) is 0 Å². The van der Waals surface area contributed by atoms with E-state index in [1.54, 1.807) is 11.0 Å². The monoisotopic (exact) mass is 262 g/mol. The first-order chi connectivity index (χ1) is 9.27. The van der Waals surface area contributed by atoms with Gasteiger partial charge >= 0.3 is 0 Å². The lowest BCUT2D eigenvalue weighted by atomic mass is 10.2. The molecule has 104 valence electrons. The van der Waals surface area contributed by atoms with Crippen LogP contribution < -0.4 is 4.90 Å². The smallest absolute Gasteiger partial charge is 0.183 e. The first kappa shape index (κ1) is 13.7. The van der Waals surface area contributed by atoms with Crippen molar-refractivity contribution in [1.82, 2.24) is 25.0 Å². The summed E-state index contributed by atoms with van der Waals surface area (Å²) < 4.78 is 1.69. The molecule has 0 aliphatic rings. The van der Waals surface area contributed by atoms with E-state index in [-0.39, 0.29) is 0 Å². The molecule has 0 spiro atoms. The second kappa shape index (κ2) is 6.45. The van der Waals surface area contributed by atoms with Crippen molar-refractivity contribution in [1.29, 1.82) is 0 Å². The largest absolute Gasteiger partial charge is 0.355 e. The molecule has 0 aliphatic carbocycles. The maximum Gasteiger partial charge on any atom is 0.183 e. The lowest BCUT2D eigenvalue weighted by Gasteiger charge is -2.23. The zero-order chi connectivity index (χ0) is 13.7. The molecule has 0 atom stereocenters. The molecule has 2 aromatic rings. The van der Waals surface area contributed by atoms with Crippen molar-refractivity contribution in [2.45, 2.75) is 39.5 Å². The second-order valence-corrected chi connectivity index (χ2v) is 4.78. The molecule has 2 heterocycles. The predicted octanol–water partition coefficient (Wildman–Crippen LogP) is 2.16. The topological polar surface area (TPSA) is 59.7 Å². The van der Waals surface area contributed by atoms with E-state index in [1.807, 2.05) is 7.05 Å². The number of aryl methyl sites for hydroxylation is 1. The SMILES string of the molecule is CCCCN(CCCC)c1ncnc2c1nnn2C. The van der Waals surface area contributed by atoms with E-state index in [0.717, 1.165) is 42.9 Å². The molecule has 0 aliphatic heterocycles. The molecule has 0 N–H and O–H groups in total. The van der Waals surface area contributed by atoms with E-state index in [0.29, 0.717) is 0 Å². The summed E-state index contributed by atoms with van der Waals surface area (Å²) in [5, 5.41) is 8.24. The molecule has 0 aromatic carbocycles. The first-order valence-electron chi connectivity index (χ1n) is 7.03. The van der Waals surface area contributed by atoms with E-state index in [4.69, 9.17) is 0 Å². The van der Waals surface area contributed by atoms with Crippen LogP contribution in [0.15, 0.2) is 6.33 Å². The summed E-state index contributed by atoms with van der Waals surface area (Å²) in [5.41, 5.74) is 1.60. The highest BCUT2D eigenvalue weighted by Gasteiger charge is 2.15. The summed E-state index contributed by atoms with van der Waals surface area (Å²) in [6, 6.07) is 0. The van der Waals surface area contributed by atoms with Crippen LogP contribution in [-0.4, -0.2) is 38.1 Å².